The van der Waals surface area contributed by atoms with Gasteiger partial charge >= 0.3 is 0 Å². The first-order valence-electron chi connectivity index (χ1n) is 3.42. The van der Waals surface area contributed by atoms with Crippen molar-refractivity contribution in [3.8, 4) is 0 Å². The minimum atomic E-state index is 0.517. The van der Waals surface area contributed by atoms with Crippen LogP contribution in [0.1, 0.15) is 12.8 Å². The number of hydroxylamine groups is 1. The lowest BCUT2D eigenvalue weighted by atomic mass is 10.1. The van der Waals surface area contributed by atoms with Gasteiger partial charge in [-0.05, 0) is 19.4 Å². The first-order chi connectivity index (χ1) is 4.43. The predicted molar refractivity (Wildman–Crippen MR) is 36.0 cm³/mol. The molecule has 1 unspecified atom stereocenters. The van der Waals surface area contributed by atoms with E-state index in [-0.39, 0.29) is 0 Å². The van der Waals surface area contributed by atoms with Crippen molar-refractivity contribution in [1.82, 2.24) is 10.8 Å². The number of nitrogens with one attached hydrogen (secondary N) is 2. The Hall–Kier alpha value is -0.120. The summed E-state index contributed by atoms with van der Waals surface area (Å²) in [5.41, 5.74) is 2.92. The molecule has 0 spiro atoms. The van der Waals surface area contributed by atoms with Crippen LogP contribution in [-0.4, -0.2) is 26.2 Å². The normalized spacial score (nSPS) is 28.3. The summed E-state index contributed by atoms with van der Waals surface area (Å²) in [7, 11) is 1.66. The molecule has 1 fully saturated rings. The van der Waals surface area contributed by atoms with Crippen LogP contribution in [0.25, 0.3) is 0 Å². The molecule has 0 aromatic rings. The molecular formula is C6H14N2O. The molecule has 0 aliphatic carbocycles. The molecule has 1 atom stereocenters. The molecule has 54 valence electrons. The summed E-state index contributed by atoms with van der Waals surface area (Å²) in [4.78, 5) is 4.79. The molecule has 1 aliphatic heterocycles. The molecule has 9 heavy (non-hydrogen) atoms. The van der Waals surface area contributed by atoms with Crippen LogP contribution in [-0.2, 0) is 4.84 Å². The predicted octanol–water partition coefficient (Wildman–Crippen LogP) is -0.111. The van der Waals surface area contributed by atoms with E-state index in [4.69, 9.17) is 4.84 Å². The third-order valence-corrected chi connectivity index (χ3v) is 1.58. The fourth-order valence-electron chi connectivity index (χ4n) is 1.12. The molecule has 1 heterocycles. The Balaban J connectivity index is 2.08. The number of hydrogen-bond acceptors (Lipinski definition) is 3. The third kappa shape index (κ3) is 2.30. The van der Waals surface area contributed by atoms with E-state index in [9.17, 15) is 0 Å². The summed E-state index contributed by atoms with van der Waals surface area (Å²) < 4.78 is 0. The maximum atomic E-state index is 4.79. The van der Waals surface area contributed by atoms with Gasteiger partial charge in [0.15, 0.2) is 0 Å². The van der Waals surface area contributed by atoms with E-state index in [0.29, 0.717) is 6.04 Å². The first kappa shape index (κ1) is 6.99. The number of piperidine rings is 1. The highest BCUT2D eigenvalue weighted by atomic mass is 16.6. The highest BCUT2D eigenvalue weighted by Gasteiger charge is 2.10. The van der Waals surface area contributed by atoms with Crippen molar-refractivity contribution >= 4 is 0 Å². The average molecular weight is 130 g/mol. The molecule has 3 heteroatoms. The molecule has 0 bridgehead atoms. The summed E-state index contributed by atoms with van der Waals surface area (Å²) in [6.07, 6.45) is 2.47. The van der Waals surface area contributed by atoms with Crippen LogP contribution in [0.2, 0.25) is 0 Å². The average Bonchev–Trinajstić information content (AvgIpc) is 1.91. The Labute approximate surface area is 55.7 Å². The van der Waals surface area contributed by atoms with Gasteiger partial charge < -0.3 is 10.2 Å². The van der Waals surface area contributed by atoms with E-state index in [2.05, 4.69) is 10.8 Å². The van der Waals surface area contributed by atoms with Gasteiger partial charge in [0.1, 0.15) is 0 Å². The molecular weight excluding hydrogens is 116 g/mol. The van der Waals surface area contributed by atoms with Gasteiger partial charge in [0, 0.05) is 12.6 Å². The van der Waals surface area contributed by atoms with Crippen molar-refractivity contribution < 1.29 is 4.84 Å². The third-order valence-electron chi connectivity index (χ3n) is 1.58. The zero-order chi connectivity index (χ0) is 6.53. The standard InChI is InChI=1S/C6H14N2O/c1-9-8-6-3-2-4-7-5-6/h6-8H,2-5H2,1H3. The van der Waals surface area contributed by atoms with Crippen molar-refractivity contribution in [3.05, 3.63) is 0 Å². The van der Waals surface area contributed by atoms with E-state index < -0.39 is 0 Å². The van der Waals surface area contributed by atoms with Gasteiger partial charge in [-0.2, -0.15) is 5.48 Å². The van der Waals surface area contributed by atoms with Crippen LogP contribution in [0.3, 0.4) is 0 Å². The van der Waals surface area contributed by atoms with Gasteiger partial charge in [0.2, 0.25) is 0 Å². The molecule has 2 N–H and O–H groups in total. The second kappa shape index (κ2) is 3.82. The Kier molecular flexibility index (Phi) is 2.97. The maximum absolute atomic E-state index is 4.79. The zero-order valence-corrected chi connectivity index (χ0v) is 5.81. The Morgan fingerprint density at radius 1 is 1.67 bits per heavy atom. The van der Waals surface area contributed by atoms with Crippen LogP contribution < -0.4 is 10.8 Å². The Morgan fingerprint density at radius 3 is 3.11 bits per heavy atom. The zero-order valence-electron chi connectivity index (χ0n) is 5.81. The molecule has 0 radical (unpaired) electrons. The van der Waals surface area contributed by atoms with E-state index in [1.54, 1.807) is 7.11 Å². The molecule has 0 saturated carbocycles. The lowest BCUT2D eigenvalue weighted by Crippen LogP contribution is -2.42. The molecule has 0 amide bonds. The number of hydrogen-bond donors (Lipinski definition) is 2. The van der Waals surface area contributed by atoms with E-state index >= 15 is 0 Å². The molecule has 1 rings (SSSR count). The largest absolute Gasteiger partial charge is 0.315 e. The fourth-order valence-corrected chi connectivity index (χ4v) is 1.12. The van der Waals surface area contributed by atoms with Crippen LogP contribution >= 0.6 is 0 Å². The summed E-state index contributed by atoms with van der Waals surface area (Å²) in [5, 5.41) is 3.28. The highest BCUT2D eigenvalue weighted by molar-refractivity contribution is 4.71. The van der Waals surface area contributed by atoms with E-state index in [1.165, 1.54) is 12.8 Å². The van der Waals surface area contributed by atoms with Gasteiger partial charge in [0.25, 0.3) is 0 Å². The Bertz CT molecular complexity index is 68.7. The summed E-state index contributed by atoms with van der Waals surface area (Å²) in [6.45, 7) is 2.19. The minimum Gasteiger partial charge on any atom is -0.315 e. The van der Waals surface area contributed by atoms with Gasteiger partial charge in [-0.25, -0.2) is 0 Å². The molecule has 1 aliphatic rings. The first-order valence-corrected chi connectivity index (χ1v) is 3.42. The van der Waals surface area contributed by atoms with Crippen LogP contribution in [0.15, 0.2) is 0 Å². The van der Waals surface area contributed by atoms with Gasteiger partial charge in [-0.3, -0.25) is 0 Å². The van der Waals surface area contributed by atoms with E-state index in [0.717, 1.165) is 13.1 Å². The molecule has 0 aromatic heterocycles. The van der Waals surface area contributed by atoms with Crippen molar-refractivity contribution in [2.24, 2.45) is 0 Å². The minimum absolute atomic E-state index is 0.517. The highest BCUT2D eigenvalue weighted by Crippen LogP contribution is 1.99. The molecule has 0 aromatic carbocycles. The molecule has 1 saturated heterocycles. The smallest absolute Gasteiger partial charge is 0.0572 e. The summed E-state index contributed by atoms with van der Waals surface area (Å²) in [5.74, 6) is 0. The monoisotopic (exact) mass is 130 g/mol. The summed E-state index contributed by atoms with van der Waals surface area (Å²) in [6, 6.07) is 0.517. The van der Waals surface area contributed by atoms with Crippen molar-refractivity contribution in [2.45, 2.75) is 18.9 Å². The van der Waals surface area contributed by atoms with Crippen molar-refractivity contribution in [3.63, 3.8) is 0 Å². The topological polar surface area (TPSA) is 33.3 Å². The van der Waals surface area contributed by atoms with Crippen LogP contribution in [0.4, 0.5) is 0 Å². The van der Waals surface area contributed by atoms with Gasteiger partial charge in [-0.1, -0.05) is 0 Å². The van der Waals surface area contributed by atoms with Crippen LogP contribution in [0, 0.1) is 0 Å². The quantitative estimate of drug-likeness (QED) is 0.512. The van der Waals surface area contributed by atoms with Crippen LogP contribution in [0.5, 0.6) is 0 Å². The number of rotatable bonds is 2. The second-order valence-electron chi connectivity index (χ2n) is 2.37. The maximum Gasteiger partial charge on any atom is 0.0572 e. The molecule has 3 nitrogen and oxygen atoms in total. The lowest BCUT2D eigenvalue weighted by molar-refractivity contribution is 0.0531. The van der Waals surface area contributed by atoms with Crippen molar-refractivity contribution in [1.29, 1.82) is 0 Å². The second-order valence-corrected chi connectivity index (χ2v) is 2.37. The fraction of sp³-hybridized carbons (Fsp3) is 1.00. The van der Waals surface area contributed by atoms with Gasteiger partial charge in [0.05, 0.1) is 7.11 Å². The lowest BCUT2D eigenvalue weighted by Gasteiger charge is -2.22. The van der Waals surface area contributed by atoms with Crippen molar-refractivity contribution in [2.75, 3.05) is 20.2 Å². The van der Waals surface area contributed by atoms with E-state index in [1.807, 2.05) is 0 Å². The van der Waals surface area contributed by atoms with Gasteiger partial charge in [-0.15, -0.1) is 0 Å². The SMILES string of the molecule is CONC1CCCNC1. The Morgan fingerprint density at radius 2 is 2.56 bits per heavy atom. The summed E-state index contributed by atoms with van der Waals surface area (Å²) >= 11 is 0.